The molecule has 0 aliphatic carbocycles. The number of aryl methyl sites for hydroxylation is 1. The summed E-state index contributed by atoms with van der Waals surface area (Å²) < 4.78 is 5.10. The molecule has 2 N–H and O–H groups in total. The maximum atomic E-state index is 12.0. The van der Waals surface area contributed by atoms with Gasteiger partial charge in [0, 0.05) is 13.1 Å². The third-order valence-electron chi connectivity index (χ3n) is 4.48. The fourth-order valence-electron chi connectivity index (χ4n) is 3.06. The molecular weight excluding hydrogens is 489 g/mol. The SMILES string of the molecule is CCNC(=NCCN1CCCCC1)NC(C)c1nc(C)c(C(=O)OCC)s1.I. The molecule has 0 bridgehead atoms. The molecule has 160 valence electrons. The van der Waals surface area contributed by atoms with Crippen molar-refractivity contribution in [1.82, 2.24) is 20.5 Å². The molecule has 1 aliphatic rings. The second kappa shape index (κ2) is 13.3. The fraction of sp³-hybridized carbons (Fsp3) is 0.737. The van der Waals surface area contributed by atoms with E-state index in [0.717, 1.165) is 30.6 Å². The number of piperidine rings is 1. The first-order valence-electron chi connectivity index (χ1n) is 9.96. The summed E-state index contributed by atoms with van der Waals surface area (Å²) in [6.45, 7) is 13.0. The molecule has 1 atom stereocenters. The zero-order valence-corrected chi connectivity index (χ0v) is 20.6. The van der Waals surface area contributed by atoms with E-state index in [4.69, 9.17) is 9.73 Å². The minimum Gasteiger partial charge on any atom is -0.462 e. The van der Waals surface area contributed by atoms with Crippen LogP contribution >= 0.6 is 35.3 Å². The lowest BCUT2D eigenvalue weighted by Crippen LogP contribution is -2.39. The van der Waals surface area contributed by atoms with Gasteiger partial charge in [0.2, 0.25) is 0 Å². The van der Waals surface area contributed by atoms with Crippen LogP contribution < -0.4 is 10.6 Å². The first-order valence-corrected chi connectivity index (χ1v) is 10.8. The van der Waals surface area contributed by atoms with E-state index in [1.165, 1.54) is 43.7 Å². The number of nitrogens with zero attached hydrogens (tertiary/aromatic N) is 3. The van der Waals surface area contributed by atoms with Crippen LogP contribution in [0, 0.1) is 6.92 Å². The number of carbonyl (C=O) groups excluding carboxylic acids is 1. The lowest BCUT2D eigenvalue weighted by atomic mass is 10.1. The third-order valence-corrected chi connectivity index (χ3v) is 5.80. The number of guanidine groups is 1. The van der Waals surface area contributed by atoms with Gasteiger partial charge in [0.25, 0.3) is 0 Å². The van der Waals surface area contributed by atoms with Crippen LogP contribution in [0.3, 0.4) is 0 Å². The molecule has 0 saturated carbocycles. The summed E-state index contributed by atoms with van der Waals surface area (Å²) in [4.78, 5) is 24.3. The van der Waals surface area contributed by atoms with Crippen molar-refractivity contribution in [2.45, 2.75) is 53.0 Å². The zero-order valence-electron chi connectivity index (χ0n) is 17.4. The summed E-state index contributed by atoms with van der Waals surface area (Å²) >= 11 is 1.38. The lowest BCUT2D eigenvalue weighted by molar-refractivity contribution is 0.0531. The Morgan fingerprint density at radius 2 is 2.04 bits per heavy atom. The molecule has 0 aromatic carbocycles. The highest BCUT2D eigenvalue weighted by molar-refractivity contribution is 14.0. The number of carbonyl (C=O) groups is 1. The van der Waals surface area contributed by atoms with Gasteiger partial charge in [-0.3, -0.25) is 4.99 Å². The van der Waals surface area contributed by atoms with E-state index >= 15 is 0 Å². The molecule has 1 fully saturated rings. The minimum atomic E-state index is -0.298. The number of rotatable bonds is 8. The van der Waals surface area contributed by atoms with Gasteiger partial charge in [-0.15, -0.1) is 35.3 Å². The lowest BCUT2D eigenvalue weighted by Gasteiger charge is -2.25. The maximum absolute atomic E-state index is 12.0. The van der Waals surface area contributed by atoms with Crippen molar-refractivity contribution in [2.24, 2.45) is 4.99 Å². The zero-order chi connectivity index (χ0) is 19.6. The number of halogens is 1. The smallest absolute Gasteiger partial charge is 0.350 e. The number of hydrogen-bond acceptors (Lipinski definition) is 6. The normalized spacial score (nSPS) is 16.2. The Balaban J connectivity index is 0.00000392. The molecule has 0 radical (unpaired) electrons. The largest absolute Gasteiger partial charge is 0.462 e. The van der Waals surface area contributed by atoms with E-state index < -0.39 is 0 Å². The first-order chi connectivity index (χ1) is 13.0. The number of likely N-dealkylation sites (tertiary alicyclic amines) is 1. The number of ether oxygens (including phenoxy) is 1. The summed E-state index contributed by atoms with van der Waals surface area (Å²) in [5.74, 6) is 0.487. The van der Waals surface area contributed by atoms with E-state index in [2.05, 4.69) is 27.4 Å². The molecule has 28 heavy (non-hydrogen) atoms. The molecule has 1 unspecified atom stereocenters. The Morgan fingerprint density at radius 1 is 1.32 bits per heavy atom. The van der Waals surface area contributed by atoms with Crippen LogP contribution in [0.5, 0.6) is 0 Å². The van der Waals surface area contributed by atoms with Gasteiger partial charge in [0.05, 0.1) is 24.9 Å². The summed E-state index contributed by atoms with van der Waals surface area (Å²) in [6, 6.07) is -0.0373. The number of aromatic nitrogens is 1. The Kier molecular flexibility index (Phi) is 11.9. The van der Waals surface area contributed by atoms with Crippen LogP contribution in [0.4, 0.5) is 0 Å². The summed E-state index contributed by atoms with van der Waals surface area (Å²) in [7, 11) is 0. The molecule has 7 nitrogen and oxygen atoms in total. The third kappa shape index (κ3) is 7.82. The highest BCUT2D eigenvalue weighted by Gasteiger charge is 2.20. The van der Waals surface area contributed by atoms with E-state index in [9.17, 15) is 4.79 Å². The molecule has 2 rings (SSSR count). The molecule has 9 heteroatoms. The van der Waals surface area contributed by atoms with Gasteiger partial charge in [-0.1, -0.05) is 6.42 Å². The number of esters is 1. The number of hydrogen-bond donors (Lipinski definition) is 2. The predicted octanol–water partition coefficient (Wildman–Crippen LogP) is 3.35. The standard InChI is InChI=1S/C19H33N5O2S.HI/c1-5-20-19(21-10-13-24-11-8-7-9-12-24)23-15(4)17-22-14(3)16(27-17)18(25)26-6-2;/h15H,5-13H2,1-4H3,(H2,20,21,23);1H. The minimum absolute atomic E-state index is 0. The van der Waals surface area contributed by atoms with Gasteiger partial charge in [0.1, 0.15) is 9.88 Å². The number of thiazole rings is 1. The van der Waals surface area contributed by atoms with Crippen molar-refractivity contribution in [3.63, 3.8) is 0 Å². The van der Waals surface area contributed by atoms with E-state index in [0.29, 0.717) is 17.2 Å². The van der Waals surface area contributed by atoms with E-state index in [-0.39, 0.29) is 36.0 Å². The molecular formula is C19H34IN5O2S. The van der Waals surface area contributed by atoms with Gasteiger partial charge >= 0.3 is 5.97 Å². The molecule has 2 heterocycles. The summed E-state index contributed by atoms with van der Waals surface area (Å²) in [5, 5.41) is 7.55. The van der Waals surface area contributed by atoms with Gasteiger partial charge < -0.3 is 20.3 Å². The Bertz CT molecular complexity index is 632. The highest BCUT2D eigenvalue weighted by Crippen LogP contribution is 2.24. The van der Waals surface area contributed by atoms with Crippen LogP contribution in [-0.2, 0) is 4.74 Å². The quantitative estimate of drug-likeness (QED) is 0.236. The van der Waals surface area contributed by atoms with Crippen LogP contribution in [0.25, 0.3) is 0 Å². The first kappa shape index (κ1) is 25.1. The molecule has 1 saturated heterocycles. The van der Waals surface area contributed by atoms with Crippen molar-refractivity contribution < 1.29 is 9.53 Å². The van der Waals surface area contributed by atoms with Crippen molar-refractivity contribution in [2.75, 3.05) is 39.3 Å². The van der Waals surface area contributed by atoms with Crippen molar-refractivity contribution in [3.05, 3.63) is 15.6 Å². The topological polar surface area (TPSA) is 78.9 Å². The van der Waals surface area contributed by atoms with Crippen LogP contribution in [-0.4, -0.2) is 61.1 Å². The van der Waals surface area contributed by atoms with Gasteiger partial charge in [0.15, 0.2) is 5.96 Å². The predicted molar refractivity (Wildman–Crippen MR) is 126 cm³/mol. The Morgan fingerprint density at radius 3 is 2.68 bits per heavy atom. The van der Waals surface area contributed by atoms with Gasteiger partial charge in [-0.05, 0) is 53.6 Å². The van der Waals surface area contributed by atoms with Gasteiger partial charge in [-0.2, -0.15) is 0 Å². The molecule has 1 aromatic rings. The highest BCUT2D eigenvalue weighted by atomic mass is 127. The summed E-state index contributed by atoms with van der Waals surface area (Å²) in [5.41, 5.74) is 0.717. The molecule has 1 aliphatic heterocycles. The Hall–Kier alpha value is -0.940. The van der Waals surface area contributed by atoms with E-state index in [1.54, 1.807) is 0 Å². The molecule has 1 aromatic heterocycles. The van der Waals surface area contributed by atoms with Gasteiger partial charge in [-0.25, -0.2) is 9.78 Å². The molecule has 0 spiro atoms. The van der Waals surface area contributed by atoms with Crippen LogP contribution in [0.15, 0.2) is 4.99 Å². The fourth-order valence-corrected chi connectivity index (χ4v) is 4.02. The maximum Gasteiger partial charge on any atom is 0.350 e. The second-order valence-corrected chi connectivity index (χ2v) is 7.75. The monoisotopic (exact) mass is 523 g/mol. The van der Waals surface area contributed by atoms with Crippen molar-refractivity contribution in [1.29, 1.82) is 0 Å². The van der Waals surface area contributed by atoms with Crippen molar-refractivity contribution in [3.8, 4) is 0 Å². The van der Waals surface area contributed by atoms with E-state index in [1.807, 2.05) is 20.8 Å². The Labute approximate surface area is 189 Å². The number of nitrogens with one attached hydrogen (secondary N) is 2. The second-order valence-electron chi connectivity index (χ2n) is 6.72. The summed E-state index contributed by atoms with van der Waals surface area (Å²) in [6.07, 6.45) is 3.94. The molecule has 0 amide bonds. The average molecular weight is 523 g/mol. The van der Waals surface area contributed by atoms with Crippen LogP contribution in [0.1, 0.15) is 66.4 Å². The van der Waals surface area contributed by atoms with Crippen molar-refractivity contribution >= 4 is 47.2 Å². The number of aliphatic imine (C=N–C) groups is 1. The average Bonchev–Trinajstić information content (AvgIpc) is 3.05. The van der Waals surface area contributed by atoms with Crippen LogP contribution in [0.2, 0.25) is 0 Å².